The second kappa shape index (κ2) is 7.38. The molecule has 0 spiro atoms. The molecule has 21 heavy (non-hydrogen) atoms. The quantitative estimate of drug-likeness (QED) is 0.648. The van der Waals surface area contributed by atoms with E-state index in [0.717, 1.165) is 26.2 Å². The Kier molecular flexibility index (Phi) is 5.52. The van der Waals surface area contributed by atoms with Gasteiger partial charge in [-0.3, -0.25) is 4.79 Å². The van der Waals surface area contributed by atoms with Crippen LogP contribution in [0.4, 0.5) is 0 Å². The summed E-state index contributed by atoms with van der Waals surface area (Å²) in [6.07, 6.45) is 1.60. The molecule has 1 amide bonds. The number of carbonyl (C=O) groups is 1. The number of rotatable bonds is 5. The highest BCUT2D eigenvalue weighted by atomic mass is 79.9. The van der Waals surface area contributed by atoms with Crippen LogP contribution < -0.4 is 10.2 Å². The minimum Gasteiger partial charge on any atom is -0.483 e. The first-order valence-electron chi connectivity index (χ1n) is 6.31. The van der Waals surface area contributed by atoms with Crippen molar-refractivity contribution >= 4 is 39.4 Å². The van der Waals surface area contributed by atoms with Crippen LogP contribution in [-0.2, 0) is 4.79 Å². The molecule has 0 aliphatic heterocycles. The zero-order chi connectivity index (χ0) is 15.2. The fourth-order valence-corrected chi connectivity index (χ4v) is 3.06. The van der Waals surface area contributed by atoms with Crippen LogP contribution in [0, 0.1) is 13.8 Å². The van der Waals surface area contributed by atoms with Gasteiger partial charge in [-0.2, -0.15) is 5.10 Å². The monoisotopic (exact) mass is 366 g/mol. The van der Waals surface area contributed by atoms with Crippen LogP contribution in [0.15, 0.2) is 39.2 Å². The number of hydrogen-bond donors (Lipinski definition) is 1. The molecule has 0 saturated carbocycles. The molecular formula is C15H15BrN2O2S. The molecule has 0 unspecified atom stereocenters. The number of aryl methyl sites for hydroxylation is 2. The van der Waals surface area contributed by atoms with E-state index in [-0.39, 0.29) is 12.5 Å². The molecule has 0 aliphatic rings. The molecule has 1 aromatic carbocycles. The molecule has 0 saturated heterocycles. The first-order valence-corrected chi connectivity index (χ1v) is 7.98. The van der Waals surface area contributed by atoms with E-state index in [2.05, 4.69) is 26.5 Å². The lowest BCUT2D eigenvalue weighted by Crippen LogP contribution is -2.24. The van der Waals surface area contributed by atoms with Gasteiger partial charge >= 0.3 is 0 Å². The van der Waals surface area contributed by atoms with Gasteiger partial charge in [-0.15, -0.1) is 11.3 Å². The van der Waals surface area contributed by atoms with Crippen molar-refractivity contribution in [1.29, 1.82) is 0 Å². The molecular weight excluding hydrogens is 352 g/mol. The van der Waals surface area contributed by atoms with E-state index in [1.807, 2.05) is 43.5 Å². The van der Waals surface area contributed by atoms with E-state index >= 15 is 0 Å². The van der Waals surface area contributed by atoms with Crippen molar-refractivity contribution in [2.45, 2.75) is 13.8 Å². The Labute approximate surface area is 136 Å². The molecule has 1 heterocycles. The standard InChI is InChI=1S/C15H15BrN2O2S/c1-10-4-3-5-11(2)15(10)20-8-14(19)18-17-7-13-6-12(16)9-21-13/h3-7,9H,8H2,1-2H3,(H,18,19)/b17-7+. The van der Waals surface area contributed by atoms with Crippen LogP contribution in [0.5, 0.6) is 5.75 Å². The van der Waals surface area contributed by atoms with Crippen molar-refractivity contribution in [2.24, 2.45) is 5.10 Å². The minimum atomic E-state index is -0.287. The summed E-state index contributed by atoms with van der Waals surface area (Å²) < 4.78 is 6.54. The van der Waals surface area contributed by atoms with E-state index in [9.17, 15) is 4.79 Å². The largest absolute Gasteiger partial charge is 0.483 e. The van der Waals surface area contributed by atoms with Gasteiger partial charge in [-0.05, 0) is 47.0 Å². The lowest BCUT2D eigenvalue weighted by atomic mass is 10.1. The van der Waals surface area contributed by atoms with E-state index in [0.29, 0.717) is 0 Å². The number of benzene rings is 1. The molecule has 0 bridgehead atoms. The third-order valence-corrected chi connectivity index (χ3v) is 4.35. The van der Waals surface area contributed by atoms with Crippen LogP contribution in [0.2, 0.25) is 0 Å². The molecule has 0 atom stereocenters. The highest BCUT2D eigenvalue weighted by Gasteiger charge is 2.06. The molecule has 0 fully saturated rings. The second-order valence-corrected chi connectivity index (χ2v) is 6.33. The van der Waals surface area contributed by atoms with Gasteiger partial charge in [0.1, 0.15) is 5.75 Å². The predicted molar refractivity (Wildman–Crippen MR) is 89.2 cm³/mol. The zero-order valence-electron chi connectivity index (χ0n) is 11.7. The third-order valence-electron chi connectivity index (χ3n) is 2.73. The van der Waals surface area contributed by atoms with Gasteiger partial charge < -0.3 is 4.74 Å². The Morgan fingerprint density at radius 2 is 2.14 bits per heavy atom. The van der Waals surface area contributed by atoms with Crippen LogP contribution in [0.25, 0.3) is 0 Å². The number of amides is 1. The van der Waals surface area contributed by atoms with Gasteiger partial charge in [0.05, 0.1) is 6.21 Å². The number of nitrogens with one attached hydrogen (secondary N) is 1. The van der Waals surface area contributed by atoms with Crippen LogP contribution in [0.1, 0.15) is 16.0 Å². The predicted octanol–water partition coefficient (Wildman–Crippen LogP) is 3.66. The maximum absolute atomic E-state index is 11.7. The van der Waals surface area contributed by atoms with E-state index in [1.165, 1.54) is 11.3 Å². The van der Waals surface area contributed by atoms with Crippen molar-refractivity contribution in [3.05, 3.63) is 50.1 Å². The number of nitrogens with zero attached hydrogens (tertiary/aromatic N) is 1. The van der Waals surface area contributed by atoms with Gasteiger partial charge in [0.2, 0.25) is 0 Å². The van der Waals surface area contributed by atoms with Crippen molar-refractivity contribution in [3.63, 3.8) is 0 Å². The molecule has 6 heteroatoms. The lowest BCUT2D eigenvalue weighted by molar-refractivity contribution is -0.123. The molecule has 1 aromatic heterocycles. The Morgan fingerprint density at radius 3 is 2.76 bits per heavy atom. The van der Waals surface area contributed by atoms with E-state index < -0.39 is 0 Å². The average molecular weight is 367 g/mol. The van der Waals surface area contributed by atoms with Gasteiger partial charge in [0.15, 0.2) is 6.61 Å². The number of halogens is 1. The second-order valence-electron chi connectivity index (χ2n) is 4.47. The summed E-state index contributed by atoms with van der Waals surface area (Å²) in [5.74, 6) is 0.461. The van der Waals surface area contributed by atoms with Crippen molar-refractivity contribution in [2.75, 3.05) is 6.61 Å². The Bertz CT molecular complexity index is 647. The maximum atomic E-state index is 11.7. The first-order chi connectivity index (χ1) is 10.1. The molecule has 2 aromatic rings. The average Bonchev–Trinajstić information content (AvgIpc) is 2.84. The van der Waals surface area contributed by atoms with E-state index in [1.54, 1.807) is 6.21 Å². The maximum Gasteiger partial charge on any atom is 0.277 e. The summed E-state index contributed by atoms with van der Waals surface area (Å²) >= 11 is 4.90. The number of para-hydroxylation sites is 1. The highest BCUT2D eigenvalue weighted by Crippen LogP contribution is 2.22. The Hall–Kier alpha value is -1.66. The first kappa shape index (κ1) is 15.7. The number of hydrazone groups is 1. The number of ether oxygens (including phenoxy) is 1. The van der Waals surface area contributed by atoms with E-state index in [4.69, 9.17) is 4.74 Å². The number of carbonyl (C=O) groups excluding carboxylic acids is 1. The Balaban J connectivity index is 1.84. The van der Waals surface area contributed by atoms with Crippen LogP contribution in [0.3, 0.4) is 0 Å². The molecule has 0 radical (unpaired) electrons. The molecule has 1 N–H and O–H groups in total. The summed E-state index contributed by atoms with van der Waals surface area (Å²) in [6.45, 7) is 3.84. The van der Waals surface area contributed by atoms with Crippen LogP contribution >= 0.6 is 27.3 Å². The minimum absolute atomic E-state index is 0.0584. The summed E-state index contributed by atoms with van der Waals surface area (Å²) in [5, 5.41) is 5.85. The summed E-state index contributed by atoms with van der Waals surface area (Å²) in [4.78, 5) is 12.6. The lowest BCUT2D eigenvalue weighted by Gasteiger charge is -2.10. The summed E-state index contributed by atoms with van der Waals surface area (Å²) in [6, 6.07) is 7.79. The number of thiophene rings is 1. The van der Waals surface area contributed by atoms with Gasteiger partial charge in [-0.25, -0.2) is 5.43 Å². The van der Waals surface area contributed by atoms with Crippen molar-refractivity contribution in [1.82, 2.24) is 5.43 Å². The number of hydrogen-bond acceptors (Lipinski definition) is 4. The highest BCUT2D eigenvalue weighted by molar-refractivity contribution is 9.10. The fourth-order valence-electron chi connectivity index (χ4n) is 1.76. The molecule has 110 valence electrons. The molecule has 0 aliphatic carbocycles. The smallest absolute Gasteiger partial charge is 0.277 e. The van der Waals surface area contributed by atoms with Crippen molar-refractivity contribution in [3.8, 4) is 5.75 Å². The normalized spacial score (nSPS) is 10.8. The van der Waals surface area contributed by atoms with Crippen molar-refractivity contribution < 1.29 is 9.53 Å². The van der Waals surface area contributed by atoms with Gasteiger partial charge in [-0.1, -0.05) is 18.2 Å². The molecule has 2 rings (SSSR count). The summed E-state index contributed by atoms with van der Waals surface area (Å²) in [7, 11) is 0. The SMILES string of the molecule is Cc1cccc(C)c1OCC(=O)N/N=C/c1cc(Br)cs1. The summed E-state index contributed by atoms with van der Waals surface area (Å²) in [5.41, 5.74) is 4.46. The molecule has 4 nitrogen and oxygen atoms in total. The fraction of sp³-hybridized carbons (Fsp3) is 0.200. The third kappa shape index (κ3) is 4.68. The zero-order valence-corrected chi connectivity index (χ0v) is 14.1. The Morgan fingerprint density at radius 1 is 1.43 bits per heavy atom. The van der Waals surface area contributed by atoms with Crippen LogP contribution in [-0.4, -0.2) is 18.7 Å². The topological polar surface area (TPSA) is 50.7 Å². The van der Waals surface area contributed by atoms with Gasteiger partial charge in [0, 0.05) is 14.7 Å². The van der Waals surface area contributed by atoms with Gasteiger partial charge in [0.25, 0.3) is 5.91 Å².